The van der Waals surface area contributed by atoms with E-state index in [9.17, 15) is 19.5 Å². The summed E-state index contributed by atoms with van der Waals surface area (Å²) in [5, 5.41) is 14.9. The summed E-state index contributed by atoms with van der Waals surface area (Å²) >= 11 is 0. The number of carbonyl (C=O) groups excluding carboxylic acids is 3. The van der Waals surface area contributed by atoms with Crippen LogP contribution in [-0.4, -0.2) is 59.5 Å². The number of Topliss-reactive ketones (excluding diaryl/α,β-unsaturated/α-hetero) is 1. The Kier molecular flexibility index (Phi) is 7.47. The summed E-state index contributed by atoms with van der Waals surface area (Å²) in [6.45, 7) is 23.9. The van der Waals surface area contributed by atoms with Gasteiger partial charge in [0, 0.05) is 70.4 Å². The Morgan fingerprint density at radius 2 is 1.46 bits per heavy atom. The molecule has 0 bridgehead atoms. The number of likely N-dealkylation sites (tertiary alicyclic amines) is 1. The highest BCUT2D eigenvalue weighted by Crippen LogP contribution is 2.52. The Hall–Kier alpha value is -3.94. The number of amides is 2. The van der Waals surface area contributed by atoms with Crippen molar-refractivity contribution in [2.45, 2.75) is 101 Å². The Morgan fingerprint density at radius 1 is 0.870 bits per heavy atom. The molecule has 8 heteroatoms. The molecule has 1 aromatic rings. The molecule has 0 aromatic heterocycles. The van der Waals surface area contributed by atoms with Crippen molar-refractivity contribution in [1.29, 1.82) is 0 Å². The predicted molar refractivity (Wildman–Crippen MR) is 186 cm³/mol. The molecular formula is C38H50N4O4. The van der Waals surface area contributed by atoms with E-state index in [2.05, 4.69) is 61.7 Å². The van der Waals surface area contributed by atoms with Crippen LogP contribution in [0.3, 0.4) is 0 Å². The fourth-order valence-electron chi connectivity index (χ4n) is 6.71. The van der Waals surface area contributed by atoms with E-state index in [4.69, 9.17) is 0 Å². The highest BCUT2D eigenvalue weighted by molar-refractivity contribution is 6.42. The standard InChI is InChI=1S/C38H50N4O4/c1-19-37(9,10)23-15-21(25(17-27(23)41(19)13)39-33(45)35(3,4)5)29-31(43)30(32(29)44)22-16-24-28(42(14)20(2)38(24,11)12)18-26(22)40-34(46)36(6,7)8/h15-20,43H,1-14H3,(H,39,45). The Morgan fingerprint density at radius 3 is 2.00 bits per heavy atom. The third-order valence-electron chi connectivity index (χ3n) is 10.9. The number of aliphatic hydroxyl groups is 1. The van der Waals surface area contributed by atoms with Gasteiger partial charge in [0.2, 0.25) is 11.7 Å². The van der Waals surface area contributed by atoms with Gasteiger partial charge in [0.1, 0.15) is 5.76 Å². The van der Waals surface area contributed by atoms with Crippen LogP contribution in [0.2, 0.25) is 0 Å². The Labute approximate surface area is 274 Å². The van der Waals surface area contributed by atoms with Crippen molar-refractivity contribution in [3.05, 3.63) is 63.6 Å². The lowest BCUT2D eigenvalue weighted by molar-refractivity contribution is -0.125. The number of ketones is 1. The largest absolute Gasteiger partial charge is 0.506 e. The molecule has 246 valence electrons. The molecule has 2 atom stereocenters. The molecule has 2 unspecified atom stereocenters. The number of hydrogen-bond acceptors (Lipinski definition) is 6. The predicted octanol–water partition coefficient (Wildman–Crippen LogP) is 7.13. The van der Waals surface area contributed by atoms with Gasteiger partial charge in [-0.3, -0.25) is 14.4 Å². The third-order valence-corrected chi connectivity index (χ3v) is 10.9. The number of allylic oxidation sites excluding steroid dienone is 6. The normalized spacial score (nSPS) is 26.1. The summed E-state index contributed by atoms with van der Waals surface area (Å²) in [6, 6.07) is 4.20. The number of nitrogens with zero attached hydrogens (tertiary/aromatic N) is 3. The maximum atomic E-state index is 14.3. The monoisotopic (exact) mass is 626 g/mol. The van der Waals surface area contributed by atoms with E-state index in [1.54, 1.807) is 20.8 Å². The lowest BCUT2D eigenvalue weighted by atomic mass is 9.73. The number of likely N-dealkylation sites (N-methyl/N-ethyl adjacent to an activating group) is 2. The van der Waals surface area contributed by atoms with Crippen molar-refractivity contribution in [2.24, 2.45) is 21.2 Å². The van der Waals surface area contributed by atoms with Crippen LogP contribution in [0, 0.1) is 16.2 Å². The molecule has 2 aliphatic heterocycles. The van der Waals surface area contributed by atoms with Crippen LogP contribution in [0.1, 0.15) is 94.2 Å². The topological polar surface area (TPSA) is 102 Å². The minimum Gasteiger partial charge on any atom is -0.506 e. The molecule has 4 aliphatic rings. The molecule has 1 saturated heterocycles. The minimum absolute atomic E-state index is 0.134. The van der Waals surface area contributed by atoms with Crippen LogP contribution in [0.5, 0.6) is 0 Å². The van der Waals surface area contributed by atoms with Gasteiger partial charge in [0.25, 0.3) is 5.91 Å². The fourth-order valence-corrected chi connectivity index (χ4v) is 6.71. The van der Waals surface area contributed by atoms with Crippen molar-refractivity contribution in [3.8, 4) is 0 Å². The summed E-state index contributed by atoms with van der Waals surface area (Å²) in [4.78, 5) is 49.6. The molecule has 0 radical (unpaired) electrons. The molecule has 0 spiro atoms. The van der Waals surface area contributed by atoms with Gasteiger partial charge in [-0.15, -0.1) is 0 Å². The molecular weight excluding hydrogens is 576 g/mol. The SMILES string of the molecule is CC1N(C)C2=CC(=NC(=O)C(C)(C)C)C(=C3C(=O)C(c4cc5c(cc4NC(=O)C(C)(C)C)N(C)C(C)C5(C)C)=C3O)C=C2C1(C)C. The van der Waals surface area contributed by atoms with E-state index < -0.39 is 10.8 Å². The zero-order valence-electron chi connectivity index (χ0n) is 30.0. The van der Waals surface area contributed by atoms with E-state index in [-0.39, 0.29) is 57.4 Å². The first kappa shape index (κ1) is 33.4. The first-order valence-electron chi connectivity index (χ1n) is 16.2. The van der Waals surface area contributed by atoms with Gasteiger partial charge in [0.15, 0.2) is 0 Å². The summed E-state index contributed by atoms with van der Waals surface area (Å²) in [5.41, 5.74) is 4.13. The highest BCUT2D eigenvalue weighted by atomic mass is 16.3. The summed E-state index contributed by atoms with van der Waals surface area (Å²) in [6.07, 6.45) is 3.80. The third kappa shape index (κ3) is 4.87. The van der Waals surface area contributed by atoms with Crippen molar-refractivity contribution in [3.63, 3.8) is 0 Å². The van der Waals surface area contributed by atoms with Gasteiger partial charge in [-0.25, -0.2) is 4.99 Å². The van der Waals surface area contributed by atoms with Crippen LogP contribution in [0.4, 0.5) is 11.4 Å². The molecule has 8 nitrogen and oxygen atoms in total. The molecule has 2 aliphatic carbocycles. The number of aliphatic imine (C=N–C) groups is 1. The molecule has 2 N–H and O–H groups in total. The van der Waals surface area contributed by atoms with Gasteiger partial charge in [-0.05, 0) is 49.3 Å². The van der Waals surface area contributed by atoms with E-state index in [0.29, 0.717) is 22.5 Å². The smallest absolute Gasteiger partial charge is 0.251 e. The second kappa shape index (κ2) is 10.3. The van der Waals surface area contributed by atoms with Crippen molar-refractivity contribution in [1.82, 2.24) is 4.90 Å². The first-order valence-corrected chi connectivity index (χ1v) is 16.2. The number of anilines is 2. The molecule has 1 fully saturated rings. The van der Waals surface area contributed by atoms with Gasteiger partial charge in [-0.1, -0.05) is 69.2 Å². The number of fused-ring (bicyclic) bond motifs is 2. The van der Waals surface area contributed by atoms with Gasteiger partial charge in [0.05, 0.1) is 22.5 Å². The maximum Gasteiger partial charge on any atom is 0.251 e. The van der Waals surface area contributed by atoms with Crippen LogP contribution < -0.4 is 10.2 Å². The number of aliphatic hydroxyl groups excluding tert-OH is 1. The molecule has 2 heterocycles. The molecule has 46 heavy (non-hydrogen) atoms. The van der Waals surface area contributed by atoms with E-state index in [1.165, 1.54) is 0 Å². The molecule has 0 saturated carbocycles. The highest BCUT2D eigenvalue weighted by Gasteiger charge is 2.48. The minimum atomic E-state index is -0.728. The fraction of sp³-hybridized carbons (Fsp3) is 0.526. The zero-order chi connectivity index (χ0) is 34.6. The Balaban J connectivity index is 1.76. The first-order chi connectivity index (χ1) is 20.9. The molecule has 1 aromatic carbocycles. The van der Waals surface area contributed by atoms with Gasteiger partial charge < -0.3 is 20.2 Å². The van der Waals surface area contributed by atoms with Gasteiger partial charge >= 0.3 is 0 Å². The summed E-state index contributed by atoms with van der Waals surface area (Å²) < 4.78 is 0. The van der Waals surface area contributed by atoms with Crippen LogP contribution in [0.15, 0.2) is 57.5 Å². The lowest BCUT2D eigenvalue weighted by Crippen LogP contribution is -2.36. The van der Waals surface area contributed by atoms with Crippen molar-refractivity contribution < 1.29 is 19.5 Å². The lowest BCUT2D eigenvalue weighted by Gasteiger charge is -2.30. The van der Waals surface area contributed by atoms with Crippen molar-refractivity contribution >= 4 is 40.3 Å². The second-order valence-corrected chi connectivity index (χ2v) is 16.6. The molecule has 5 rings (SSSR count). The van der Waals surface area contributed by atoms with Crippen LogP contribution in [0.25, 0.3) is 5.57 Å². The van der Waals surface area contributed by atoms with Crippen LogP contribution >= 0.6 is 0 Å². The van der Waals surface area contributed by atoms with E-state index in [1.807, 2.05) is 59.2 Å². The van der Waals surface area contributed by atoms with Crippen LogP contribution in [-0.2, 0) is 19.8 Å². The number of nitrogens with one attached hydrogen (secondary N) is 1. The quantitative estimate of drug-likeness (QED) is 0.339. The Bertz CT molecular complexity index is 1750. The van der Waals surface area contributed by atoms with E-state index >= 15 is 0 Å². The zero-order valence-corrected chi connectivity index (χ0v) is 30.0. The van der Waals surface area contributed by atoms with Crippen molar-refractivity contribution in [2.75, 3.05) is 24.3 Å². The second-order valence-electron chi connectivity index (χ2n) is 16.6. The number of hydrogen-bond donors (Lipinski definition) is 2. The molecule has 2 amide bonds. The number of rotatable bonds is 2. The average Bonchev–Trinajstić information content (AvgIpc) is 3.21. The summed E-state index contributed by atoms with van der Waals surface area (Å²) in [5.74, 6) is -1.02. The average molecular weight is 627 g/mol. The number of carbonyl (C=O) groups is 3. The maximum absolute atomic E-state index is 14.3. The number of benzene rings is 1. The van der Waals surface area contributed by atoms with E-state index in [0.717, 1.165) is 22.5 Å². The van der Waals surface area contributed by atoms with Gasteiger partial charge in [-0.2, -0.15) is 0 Å². The summed E-state index contributed by atoms with van der Waals surface area (Å²) in [7, 11) is 4.05.